The number of hydrogen-bond acceptors (Lipinski definition) is 4. The summed E-state index contributed by atoms with van der Waals surface area (Å²) in [6.07, 6.45) is -0.0919. The van der Waals surface area contributed by atoms with Gasteiger partial charge in [-0.3, -0.25) is 8.98 Å². The summed E-state index contributed by atoms with van der Waals surface area (Å²) in [5.74, 6) is -1.31. The molecular weight excluding hydrogens is 319 g/mol. The van der Waals surface area contributed by atoms with Crippen LogP contribution in [0.1, 0.15) is 24.5 Å². The van der Waals surface area contributed by atoms with Crippen LogP contribution in [-0.4, -0.2) is 14.2 Å². The number of halogens is 1. The Balaban J connectivity index is 1.97. The topological polar surface area (TPSA) is 60.4 Å². The number of carbonyl (C=O) groups is 1. The van der Waals surface area contributed by atoms with E-state index in [1.54, 1.807) is 24.3 Å². The number of rotatable bonds is 6. The second-order valence-electron chi connectivity index (χ2n) is 5.44. The van der Waals surface area contributed by atoms with Crippen LogP contribution in [-0.2, 0) is 19.1 Å². The molecule has 6 heteroatoms. The Morgan fingerprint density at radius 2 is 1.65 bits per heavy atom. The standard InChI is InChI=1S/C17H15FO4S/c18-15-9-5-4-8-14(15)17(16(19)12-10-11-12)22-23(20,21)13-6-2-1-3-7-13/h1-9,12,17H,10-11H2. The highest BCUT2D eigenvalue weighted by Crippen LogP contribution is 2.38. The van der Waals surface area contributed by atoms with Crippen molar-refractivity contribution in [2.75, 3.05) is 0 Å². The lowest BCUT2D eigenvalue weighted by atomic mass is 10.0. The normalized spacial score (nSPS) is 16.0. The van der Waals surface area contributed by atoms with Gasteiger partial charge in [-0.15, -0.1) is 0 Å². The van der Waals surface area contributed by atoms with Crippen molar-refractivity contribution in [1.29, 1.82) is 0 Å². The summed E-state index contributed by atoms with van der Waals surface area (Å²) in [5.41, 5.74) is -0.0519. The number of ketones is 1. The molecule has 0 saturated heterocycles. The van der Waals surface area contributed by atoms with Gasteiger partial charge in [-0.25, -0.2) is 4.39 Å². The Bertz CT molecular complexity index is 813. The van der Waals surface area contributed by atoms with Gasteiger partial charge < -0.3 is 0 Å². The van der Waals surface area contributed by atoms with Gasteiger partial charge in [0, 0.05) is 11.5 Å². The third-order valence-electron chi connectivity index (χ3n) is 3.68. The molecule has 1 saturated carbocycles. The van der Waals surface area contributed by atoms with Crippen LogP contribution >= 0.6 is 0 Å². The molecule has 0 N–H and O–H groups in total. The molecule has 0 radical (unpaired) electrons. The van der Waals surface area contributed by atoms with Crippen molar-refractivity contribution in [2.24, 2.45) is 5.92 Å². The van der Waals surface area contributed by atoms with Crippen LogP contribution in [0, 0.1) is 11.7 Å². The van der Waals surface area contributed by atoms with Gasteiger partial charge in [0.15, 0.2) is 11.9 Å². The molecular formula is C17H15FO4S. The van der Waals surface area contributed by atoms with E-state index in [2.05, 4.69) is 0 Å². The van der Waals surface area contributed by atoms with Crippen molar-refractivity contribution in [2.45, 2.75) is 23.8 Å². The van der Waals surface area contributed by atoms with E-state index < -0.39 is 27.8 Å². The number of carbonyl (C=O) groups excluding carboxylic acids is 1. The molecule has 0 spiro atoms. The summed E-state index contributed by atoms with van der Waals surface area (Å²) in [5, 5.41) is 0. The minimum absolute atomic E-state index is 0.0519. The number of benzene rings is 2. The Morgan fingerprint density at radius 3 is 2.26 bits per heavy atom. The average Bonchev–Trinajstić information content (AvgIpc) is 3.39. The summed E-state index contributed by atoms with van der Waals surface area (Å²) in [4.78, 5) is 12.3. The SMILES string of the molecule is O=C(C1CC1)C(OS(=O)(=O)c1ccccc1)c1ccccc1F. The molecule has 2 aromatic rings. The summed E-state index contributed by atoms with van der Waals surface area (Å²) in [6, 6.07) is 13.1. The third-order valence-corrected chi connectivity index (χ3v) is 4.98. The zero-order valence-corrected chi connectivity index (χ0v) is 13.0. The second-order valence-corrected chi connectivity index (χ2v) is 7.01. The lowest BCUT2D eigenvalue weighted by Gasteiger charge is -2.17. The first-order chi connectivity index (χ1) is 11.0. The number of hydrogen-bond donors (Lipinski definition) is 0. The van der Waals surface area contributed by atoms with Crippen molar-refractivity contribution >= 4 is 15.9 Å². The third kappa shape index (κ3) is 3.48. The summed E-state index contributed by atoms with van der Waals surface area (Å²) < 4.78 is 43.9. The van der Waals surface area contributed by atoms with Gasteiger partial charge in [-0.2, -0.15) is 8.42 Å². The van der Waals surface area contributed by atoms with Crippen LogP contribution in [0.3, 0.4) is 0 Å². The maximum Gasteiger partial charge on any atom is 0.297 e. The molecule has 120 valence electrons. The van der Waals surface area contributed by atoms with Gasteiger partial charge in [-0.1, -0.05) is 36.4 Å². The van der Waals surface area contributed by atoms with Crippen molar-refractivity contribution in [3.63, 3.8) is 0 Å². The zero-order chi connectivity index (χ0) is 16.4. The lowest BCUT2D eigenvalue weighted by Crippen LogP contribution is -2.22. The van der Waals surface area contributed by atoms with Gasteiger partial charge in [0.1, 0.15) is 5.82 Å². The predicted octanol–water partition coefficient (Wildman–Crippen LogP) is 3.25. The van der Waals surface area contributed by atoms with Crippen LogP contribution in [0.15, 0.2) is 59.5 Å². The van der Waals surface area contributed by atoms with Crippen LogP contribution in [0.2, 0.25) is 0 Å². The summed E-state index contributed by atoms with van der Waals surface area (Å²) in [7, 11) is -4.16. The fourth-order valence-electron chi connectivity index (χ4n) is 2.29. The molecule has 1 atom stereocenters. The molecule has 0 bridgehead atoms. The second kappa shape index (κ2) is 6.22. The first-order valence-electron chi connectivity index (χ1n) is 7.25. The maximum absolute atomic E-state index is 14.0. The minimum atomic E-state index is -4.16. The van der Waals surface area contributed by atoms with E-state index in [-0.39, 0.29) is 16.4 Å². The molecule has 0 heterocycles. The van der Waals surface area contributed by atoms with Crippen LogP contribution in [0.25, 0.3) is 0 Å². The Hall–Kier alpha value is -2.05. The van der Waals surface area contributed by atoms with Gasteiger partial charge in [-0.05, 0) is 31.0 Å². The van der Waals surface area contributed by atoms with E-state index in [0.717, 1.165) is 0 Å². The molecule has 1 aliphatic carbocycles. The molecule has 1 aliphatic rings. The average molecular weight is 334 g/mol. The van der Waals surface area contributed by atoms with E-state index in [1.165, 1.54) is 30.3 Å². The zero-order valence-electron chi connectivity index (χ0n) is 12.2. The lowest BCUT2D eigenvalue weighted by molar-refractivity contribution is -0.127. The van der Waals surface area contributed by atoms with E-state index in [0.29, 0.717) is 12.8 Å². The van der Waals surface area contributed by atoms with Gasteiger partial charge >= 0.3 is 0 Å². The molecule has 3 rings (SSSR count). The first kappa shape index (κ1) is 15.8. The van der Waals surface area contributed by atoms with Crippen molar-refractivity contribution in [1.82, 2.24) is 0 Å². The molecule has 23 heavy (non-hydrogen) atoms. The van der Waals surface area contributed by atoms with Crippen LogP contribution < -0.4 is 0 Å². The largest absolute Gasteiger partial charge is 0.297 e. The van der Waals surface area contributed by atoms with Crippen molar-refractivity contribution in [3.8, 4) is 0 Å². The molecule has 1 fully saturated rings. The van der Waals surface area contributed by atoms with Crippen molar-refractivity contribution in [3.05, 3.63) is 66.0 Å². The Labute approximate surface area is 134 Å². The minimum Gasteiger partial charge on any atom is -0.296 e. The fourth-order valence-corrected chi connectivity index (χ4v) is 3.35. The molecule has 0 aliphatic heterocycles. The quantitative estimate of drug-likeness (QED) is 0.761. The Kier molecular flexibility index (Phi) is 4.28. The Morgan fingerprint density at radius 1 is 1.04 bits per heavy atom. The highest BCUT2D eigenvalue weighted by Gasteiger charge is 2.39. The van der Waals surface area contributed by atoms with E-state index in [9.17, 15) is 17.6 Å². The smallest absolute Gasteiger partial charge is 0.296 e. The molecule has 2 aromatic carbocycles. The molecule has 0 amide bonds. The first-order valence-corrected chi connectivity index (χ1v) is 8.66. The predicted molar refractivity (Wildman–Crippen MR) is 81.6 cm³/mol. The maximum atomic E-state index is 14.0. The summed E-state index contributed by atoms with van der Waals surface area (Å²) in [6.45, 7) is 0. The highest BCUT2D eigenvalue weighted by atomic mass is 32.2. The van der Waals surface area contributed by atoms with Crippen LogP contribution in [0.4, 0.5) is 4.39 Å². The molecule has 1 unspecified atom stereocenters. The van der Waals surface area contributed by atoms with E-state index in [4.69, 9.17) is 4.18 Å². The molecule has 0 aromatic heterocycles. The molecule has 4 nitrogen and oxygen atoms in total. The highest BCUT2D eigenvalue weighted by molar-refractivity contribution is 7.86. The monoisotopic (exact) mass is 334 g/mol. The van der Waals surface area contributed by atoms with Crippen LogP contribution in [0.5, 0.6) is 0 Å². The van der Waals surface area contributed by atoms with Gasteiger partial charge in [0.05, 0.1) is 4.90 Å². The van der Waals surface area contributed by atoms with E-state index in [1.807, 2.05) is 0 Å². The van der Waals surface area contributed by atoms with Crippen molar-refractivity contribution < 1.29 is 21.8 Å². The van der Waals surface area contributed by atoms with E-state index >= 15 is 0 Å². The summed E-state index contributed by atoms with van der Waals surface area (Å²) >= 11 is 0. The van der Waals surface area contributed by atoms with Gasteiger partial charge in [0.25, 0.3) is 10.1 Å². The fraction of sp³-hybridized carbons (Fsp3) is 0.235. The van der Waals surface area contributed by atoms with Gasteiger partial charge in [0.2, 0.25) is 0 Å². The number of Topliss-reactive ketones (excluding diaryl/α,β-unsaturated/α-hetero) is 1.